The minimum Gasteiger partial charge on any atom is -0.465 e. The van der Waals surface area contributed by atoms with Gasteiger partial charge < -0.3 is 20.1 Å². The Bertz CT molecular complexity index is 401. The molecule has 5 heteroatoms. The Balaban J connectivity index is 3.27. The summed E-state index contributed by atoms with van der Waals surface area (Å²) in [5.74, 6) is -0.322. The lowest BCUT2D eigenvalue weighted by molar-refractivity contribution is -0.151. The third kappa shape index (κ3) is 20.4. The van der Waals surface area contributed by atoms with Crippen molar-refractivity contribution in [2.75, 3.05) is 26.4 Å². The summed E-state index contributed by atoms with van der Waals surface area (Å²) in [4.78, 5) is 11.8. The van der Waals surface area contributed by atoms with E-state index < -0.39 is 25.2 Å². The van der Waals surface area contributed by atoms with Crippen molar-refractivity contribution in [3.8, 4) is 0 Å². The van der Waals surface area contributed by atoms with E-state index in [9.17, 15) is 20.1 Å². The summed E-state index contributed by atoms with van der Waals surface area (Å²) in [7, 11) is 0. The van der Waals surface area contributed by atoms with Gasteiger partial charge in [-0.3, -0.25) is 4.79 Å². The molecule has 0 heterocycles. The average Bonchev–Trinajstić information content (AvgIpc) is 2.84. The van der Waals surface area contributed by atoms with Crippen LogP contribution < -0.4 is 0 Å². The number of ether oxygens (including phenoxy) is 1. The van der Waals surface area contributed by atoms with Crippen molar-refractivity contribution < 1.29 is 24.9 Å². The Labute approximate surface area is 204 Å². The van der Waals surface area contributed by atoms with Gasteiger partial charge in [-0.1, -0.05) is 129 Å². The first-order valence-electron chi connectivity index (χ1n) is 14.1. The molecule has 3 N–H and O–H groups in total. The second-order valence-corrected chi connectivity index (χ2v) is 10.1. The number of aliphatic hydroxyl groups is 3. The summed E-state index contributed by atoms with van der Waals surface area (Å²) in [6, 6.07) is 0. The number of esters is 1. The molecule has 0 spiro atoms. The zero-order valence-electron chi connectivity index (χ0n) is 21.8. The minimum absolute atomic E-state index is 0.144. The molecule has 5 nitrogen and oxygen atoms in total. The van der Waals surface area contributed by atoms with E-state index in [0.29, 0.717) is 6.42 Å². The summed E-state index contributed by atoms with van der Waals surface area (Å²) >= 11 is 0. The summed E-state index contributed by atoms with van der Waals surface area (Å²) < 4.78 is 5.10. The number of hydrogen-bond acceptors (Lipinski definition) is 5. The minimum atomic E-state index is -1.14. The molecule has 0 aliphatic carbocycles. The van der Waals surface area contributed by atoms with Gasteiger partial charge in [0.05, 0.1) is 25.2 Å². The van der Waals surface area contributed by atoms with Gasteiger partial charge in [-0.15, -0.1) is 0 Å². The van der Waals surface area contributed by atoms with Crippen molar-refractivity contribution in [3.05, 3.63) is 0 Å². The molecule has 33 heavy (non-hydrogen) atoms. The largest absolute Gasteiger partial charge is 0.465 e. The fourth-order valence-electron chi connectivity index (χ4n) is 4.12. The highest BCUT2D eigenvalue weighted by atomic mass is 16.5. The topological polar surface area (TPSA) is 87.0 Å². The molecule has 0 aromatic carbocycles. The molecule has 0 rings (SSSR count). The highest BCUT2D eigenvalue weighted by Gasteiger charge is 2.29. The molecule has 0 fully saturated rings. The van der Waals surface area contributed by atoms with Crippen LogP contribution in [0.5, 0.6) is 0 Å². The number of carbonyl (C=O) groups is 1. The number of aliphatic hydroxyl groups excluding tert-OH is 3. The summed E-state index contributed by atoms with van der Waals surface area (Å²) in [6.45, 7) is 0.904. The van der Waals surface area contributed by atoms with Crippen LogP contribution in [-0.2, 0) is 9.53 Å². The third-order valence-electron chi connectivity index (χ3n) is 6.78. The predicted octanol–water partition coefficient (Wildman–Crippen LogP) is 6.70. The van der Waals surface area contributed by atoms with E-state index in [1.54, 1.807) is 0 Å². The van der Waals surface area contributed by atoms with E-state index in [1.165, 1.54) is 109 Å². The van der Waals surface area contributed by atoms with Crippen LogP contribution in [0, 0.1) is 5.41 Å². The van der Waals surface area contributed by atoms with Crippen LogP contribution in [0.4, 0.5) is 0 Å². The zero-order valence-corrected chi connectivity index (χ0v) is 21.8. The Hall–Kier alpha value is -0.650. The molecular formula is C28H56O5. The standard InChI is InChI=1S/C28H56O5/c1-2-3-4-5-6-7-8-9-10-11-12-13-14-15-16-17-18-19-20-21-22-27(32)33-26-28(23-29,24-30)25-31/h29-31H,2-26H2,1H3. The van der Waals surface area contributed by atoms with Crippen LogP contribution in [0.1, 0.15) is 142 Å². The monoisotopic (exact) mass is 472 g/mol. The van der Waals surface area contributed by atoms with E-state index in [0.717, 1.165) is 19.3 Å². The molecule has 0 saturated heterocycles. The van der Waals surface area contributed by atoms with E-state index in [4.69, 9.17) is 4.74 Å². The summed E-state index contributed by atoms with van der Waals surface area (Å²) in [5, 5.41) is 27.7. The maximum absolute atomic E-state index is 11.8. The Kier molecular flexibility index (Phi) is 24.0. The smallest absolute Gasteiger partial charge is 0.305 e. The lowest BCUT2D eigenvalue weighted by Crippen LogP contribution is -2.39. The van der Waals surface area contributed by atoms with Gasteiger partial charge >= 0.3 is 5.97 Å². The number of unbranched alkanes of at least 4 members (excludes halogenated alkanes) is 19. The van der Waals surface area contributed by atoms with Crippen LogP contribution in [0.15, 0.2) is 0 Å². The van der Waals surface area contributed by atoms with E-state index in [1.807, 2.05) is 0 Å². The molecule has 0 atom stereocenters. The van der Waals surface area contributed by atoms with Crippen LogP contribution in [0.2, 0.25) is 0 Å². The normalized spacial score (nSPS) is 11.8. The number of carbonyl (C=O) groups excluding carboxylic acids is 1. The van der Waals surface area contributed by atoms with Crippen molar-refractivity contribution in [2.45, 2.75) is 142 Å². The second-order valence-electron chi connectivity index (χ2n) is 10.1. The molecule has 198 valence electrons. The van der Waals surface area contributed by atoms with Crippen molar-refractivity contribution in [3.63, 3.8) is 0 Å². The average molecular weight is 473 g/mol. The van der Waals surface area contributed by atoms with Gasteiger partial charge in [0.15, 0.2) is 0 Å². The first kappa shape index (κ1) is 32.4. The molecule has 0 saturated carbocycles. The van der Waals surface area contributed by atoms with Crippen LogP contribution in [0.25, 0.3) is 0 Å². The van der Waals surface area contributed by atoms with Crippen molar-refractivity contribution in [2.24, 2.45) is 5.41 Å². The fourth-order valence-corrected chi connectivity index (χ4v) is 4.12. The summed E-state index contributed by atoms with van der Waals surface area (Å²) in [6.07, 6.45) is 26.9. The molecular weight excluding hydrogens is 416 g/mol. The Morgan fingerprint density at radius 1 is 0.545 bits per heavy atom. The van der Waals surface area contributed by atoms with Crippen LogP contribution >= 0.6 is 0 Å². The molecule has 0 aliphatic heterocycles. The first-order valence-corrected chi connectivity index (χ1v) is 14.1. The molecule has 0 bridgehead atoms. The predicted molar refractivity (Wildman–Crippen MR) is 137 cm³/mol. The van der Waals surface area contributed by atoms with Gasteiger partial charge in [0, 0.05) is 6.42 Å². The molecule has 0 aliphatic rings. The Morgan fingerprint density at radius 2 is 0.848 bits per heavy atom. The fraction of sp³-hybridized carbons (Fsp3) is 0.964. The SMILES string of the molecule is CCCCCCCCCCCCCCCCCCCCCCC(=O)OCC(CO)(CO)CO. The highest BCUT2D eigenvalue weighted by molar-refractivity contribution is 5.69. The van der Waals surface area contributed by atoms with Gasteiger partial charge in [-0.05, 0) is 6.42 Å². The lowest BCUT2D eigenvalue weighted by Gasteiger charge is -2.26. The van der Waals surface area contributed by atoms with Gasteiger partial charge in [0.25, 0.3) is 0 Å². The van der Waals surface area contributed by atoms with Gasteiger partial charge in [0.2, 0.25) is 0 Å². The van der Waals surface area contributed by atoms with Crippen molar-refractivity contribution >= 4 is 5.97 Å². The maximum atomic E-state index is 11.8. The zero-order chi connectivity index (χ0) is 24.5. The van der Waals surface area contributed by atoms with Crippen LogP contribution in [0.3, 0.4) is 0 Å². The molecule has 0 unspecified atom stereocenters. The molecule has 0 aromatic heterocycles. The van der Waals surface area contributed by atoms with Gasteiger partial charge in [0.1, 0.15) is 6.61 Å². The third-order valence-corrected chi connectivity index (χ3v) is 6.78. The number of rotatable bonds is 26. The molecule has 0 aromatic rings. The maximum Gasteiger partial charge on any atom is 0.305 e. The molecule has 0 amide bonds. The highest BCUT2D eigenvalue weighted by Crippen LogP contribution is 2.17. The lowest BCUT2D eigenvalue weighted by atomic mass is 9.93. The molecule has 0 radical (unpaired) electrons. The van der Waals surface area contributed by atoms with E-state index in [-0.39, 0.29) is 12.6 Å². The van der Waals surface area contributed by atoms with Crippen molar-refractivity contribution in [1.29, 1.82) is 0 Å². The van der Waals surface area contributed by atoms with Crippen LogP contribution in [-0.4, -0.2) is 47.7 Å². The Morgan fingerprint density at radius 3 is 1.15 bits per heavy atom. The number of hydrogen-bond donors (Lipinski definition) is 3. The quantitative estimate of drug-likeness (QED) is 0.0962. The van der Waals surface area contributed by atoms with Gasteiger partial charge in [-0.2, -0.15) is 0 Å². The van der Waals surface area contributed by atoms with E-state index in [2.05, 4.69) is 6.92 Å². The summed E-state index contributed by atoms with van der Waals surface area (Å²) in [5.41, 5.74) is -1.14. The van der Waals surface area contributed by atoms with Crippen molar-refractivity contribution in [1.82, 2.24) is 0 Å². The second kappa shape index (κ2) is 24.5. The first-order chi connectivity index (χ1) is 16.1. The van der Waals surface area contributed by atoms with Gasteiger partial charge in [-0.25, -0.2) is 0 Å². The van der Waals surface area contributed by atoms with E-state index >= 15 is 0 Å².